The maximum atomic E-state index is 11.4. The van der Waals surface area contributed by atoms with Gasteiger partial charge in [0.15, 0.2) is 0 Å². The van der Waals surface area contributed by atoms with Gasteiger partial charge in [0.2, 0.25) is 5.82 Å². The van der Waals surface area contributed by atoms with Gasteiger partial charge in [-0.1, -0.05) is 0 Å². The number of hydrogen-bond acceptors (Lipinski definition) is 5. The molecule has 1 saturated heterocycles. The van der Waals surface area contributed by atoms with Crippen LogP contribution < -0.4 is 5.32 Å². The second-order valence-corrected chi connectivity index (χ2v) is 7.04. The van der Waals surface area contributed by atoms with Crippen molar-refractivity contribution in [3.63, 3.8) is 0 Å². The SMILES string of the molecule is Cc1nn(C(C)C)c(NC2CCS(=O)CC2)c1[N+](=O)[O-]. The number of hydrogen-bond donors (Lipinski definition) is 1. The Morgan fingerprint density at radius 1 is 1.45 bits per heavy atom. The molecule has 2 rings (SSSR count). The van der Waals surface area contributed by atoms with Crippen molar-refractivity contribution in [2.75, 3.05) is 16.8 Å². The molecule has 0 atom stereocenters. The lowest BCUT2D eigenvalue weighted by Crippen LogP contribution is -2.30. The normalized spacial score (nSPS) is 23.0. The molecule has 0 bridgehead atoms. The van der Waals surface area contributed by atoms with Crippen LogP contribution in [0, 0.1) is 17.0 Å². The number of nitrogens with one attached hydrogen (secondary N) is 1. The summed E-state index contributed by atoms with van der Waals surface area (Å²) in [5.74, 6) is 1.78. The summed E-state index contributed by atoms with van der Waals surface area (Å²) in [6.07, 6.45) is 1.54. The quantitative estimate of drug-likeness (QED) is 0.678. The number of anilines is 1. The van der Waals surface area contributed by atoms with E-state index in [1.807, 2.05) is 13.8 Å². The van der Waals surface area contributed by atoms with E-state index in [0.717, 1.165) is 12.8 Å². The molecule has 2 heterocycles. The maximum Gasteiger partial charge on any atom is 0.333 e. The zero-order chi connectivity index (χ0) is 14.9. The second-order valence-electron chi connectivity index (χ2n) is 5.34. The molecule has 0 aromatic carbocycles. The van der Waals surface area contributed by atoms with Crippen molar-refractivity contribution in [1.29, 1.82) is 0 Å². The van der Waals surface area contributed by atoms with Crippen LogP contribution >= 0.6 is 0 Å². The van der Waals surface area contributed by atoms with Gasteiger partial charge in [-0.15, -0.1) is 0 Å². The molecule has 0 spiro atoms. The Hall–Kier alpha value is -1.44. The summed E-state index contributed by atoms with van der Waals surface area (Å²) in [4.78, 5) is 10.9. The van der Waals surface area contributed by atoms with Gasteiger partial charge in [-0.3, -0.25) is 14.3 Å². The molecule has 1 N–H and O–H groups in total. The molecule has 1 fully saturated rings. The molecule has 8 heteroatoms. The average molecular weight is 300 g/mol. The molecule has 0 amide bonds. The van der Waals surface area contributed by atoms with Gasteiger partial charge in [-0.25, -0.2) is 4.68 Å². The lowest BCUT2D eigenvalue weighted by molar-refractivity contribution is -0.384. The lowest BCUT2D eigenvalue weighted by Gasteiger charge is -2.24. The summed E-state index contributed by atoms with van der Waals surface area (Å²) in [6.45, 7) is 5.53. The highest BCUT2D eigenvalue weighted by atomic mass is 32.2. The van der Waals surface area contributed by atoms with Crippen LogP contribution in [-0.2, 0) is 10.8 Å². The first-order valence-electron chi connectivity index (χ1n) is 6.75. The van der Waals surface area contributed by atoms with Gasteiger partial charge in [0.1, 0.15) is 5.69 Å². The van der Waals surface area contributed by atoms with Crippen molar-refractivity contribution in [2.45, 2.75) is 45.7 Å². The predicted molar refractivity (Wildman–Crippen MR) is 78.5 cm³/mol. The average Bonchev–Trinajstić information content (AvgIpc) is 2.69. The van der Waals surface area contributed by atoms with Gasteiger partial charge in [-0.2, -0.15) is 5.10 Å². The Morgan fingerprint density at radius 3 is 2.55 bits per heavy atom. The maximum absolute atomic E-state index is 11.4. The number of nitrogens with zero attached hydrogens (tertiary/aromatic N) is 3. The van der Waals surface area contributed by atoms with E-state index in [9.17, 15) is 14.3 Å². The van der Waals surface area contributed by atoms with Crippen LogP contribution in [0.2, 0.25) is 0 Å². The van der Waals surface area contributed by atoms with Crippen LogP contribution in [0.1, 0.15) is 38.4 Å². The van der Waals surface area contributed by atoms with Crippen LogP contribution in [0.4, 0.5) is 11.5 Å². The first kappa shape index (κ1) is 15.0. The Bertz CT molecular complexity index is 531. The Labute approximate surface area is 120 Å². The van der Waals surface area contributed by atoms with Crippen LogP contribution in [0.3, 0.4) is 0 Å². The molecule has 1 aromatic heterocycles. The van der Waals surface area contributed by atoms with Crippen LogP contribution in [0.25, 0.3) is 0 Å². The molecular weight excluding hydrogens is 280 g/mol. The van der Waals surface area contributed by atoms with E-state index in [0.29, 0.717) is 23.0 Å². The zero-order valence-corrected chi connectivity index (χ0v) is 12.8. The summed E-state index contributed by atoms with van der Waals surface area (Å²) in [5.41, 5.74) is 0.469. The van der Waals surface area contributed by atoms with Gasteiger partial charge in [0.25, 0.3) is 0 Å². The third-order valence-electron chi connectivity index (χ3n) is 3.45. The fraction of sp³-hybridized carbons (Fsp3) is 0.750. The van der Waals surface area contributed by atoms with Crippen LogP contribution in [0.15, 0.2) is 0 Å². The molecule has 1 aliphatic rings. The van der Waals surface area contributed by atoms with Gasteiger partial charge in [0.05, 0.1) is 4.92 Å². The standard InChI is InChI=1S/C12H20N4O3S/c1-8(2)15-12(11(16(17)18)9(3)14-15)13-10-4-6-20(19)7-5-10/h8,10,13H,4-7H2,1-3H3. The minimum absolute atomic E-state index is 0.0441. The van der Waals surface area contributed by atoms with Crippen molar-refractivity contribution < 1.29 is 9.13 Å². The highest BCUT2D eigenvalue weighted by Gasteiger charge is 2.29. The van der Waals surface area contributed by atoms with Crippen molar-refractivity contribution in [1.82, 2.24) is 9.78 Å². The topological polar surface area (TPSA) is 90.1 Å². The zero-order valence-electron chi connectivity index (χ0n) is 12.0. The summed E-state index contributed by atoms with van der Waals surface area (Å²) in [6, 6.07) is 0.169. The van der Waals surface area contributed by atoms with Crippen LogP contribution in [-0.4, -0.2) is 36.5 Å². The third-order valence-corrected chi connectivity index (χ3v) is 4.84. The number of aromatic nitrogens is 2. The van der Waals surface area contributed by atoms with E-state index in [2.05, 4.69) is 10.4 Å². The Balaban J connectivity index is 2.29. The van der Waals surface area contributed by atoms with E-state index in [1.165, 1.54) is 0 Å². The monoisotopic (exact) mass is 300 g/mol. The minimum Gasteiger partial charge on any atom is -0.362 e. The largest absolute Gasteiger partial charge is 0.362 e. The fourth-order valence-electron chi connectivity index (χ4n) is 2.40. The third kappa shape index (κ3) is 3.00. The smallest absolute Gasteiger partial charge is 0.333 e. The van der Waals surface area contributed by atoms with Crippen LogP contribution in [0.5, 0.6) is 0 Å². The van der Waals surface area contributed by atoms with Gasteiger partial charge in [-0.05, 0) is 33.6 Å². The summed E-state index contributed by atoms with van der Waals surface area (Å²) in [5, 5.41) is 18.7. The first-order chi connectivity index (χ1) is 9.40. The van der Waals surface area contributed by atoms with Gasteiger partial charge >= 0.3 is 5.69 Å². The Morgan fingerprint density at radius 2 is 2.05 bits per heavy atom. The van der Waals surface area contributed by atoms with E-state index in [1.54, 1.807) is 11.6 Å². The number of nitro groups is 1. The van der Waals surface area contributed by atoms with E-state index in [4.69, 9.17) is 0 Å². The molecular formula is C12H20N4O3S. The van der Waals surface area contributed by atoms with E-state index < -0.39 is 10.8 Å². The van der Waals surface area contributed by atoms with E-state index in [-0.39, 0.29) is 22.7 Å². The molecule has 112 valence electrons. The molecule has 0 radical (unpaired) electrons. The summed E-state index contributed by atoms with van der Waals surface area (Å²) in [7, 11) is -0.738. The van der Waals surface area contributed by atoms with Gasteiger partial charge < -0.3 is 5.32 Å². The first-order valence-corrected chi connectivity index (χ1v) is 8.24. The molecule has 1 aromatic rings. The fourth-order valence-corrected chi connectivity index (χ4v) is 3.70. The minimum atomic E-state index is -0.738. The number of aryl methyl sites for hydroxylation is 1. The summed E-state index contributed by atoms with van der Waals surface area (Å²) < 4.78 is 13.0. The molecule has 20 heavy (non-hydrogen) atoms. The molecule has 0 saturated carbocycles. The van der Waals surface area contributed by atoms with Gasteiger partial charge in [0, 0.05) is 34.4 Å². The molecule has 0 unspecified atom stereocenters. The Kier molecular flexibility index (Phi) is 4.42. The highest BCUT2D eigenvalue weighted by Crippen LogP contribution is 2.32. The van der Waals surface area contributed by atoms with Crippen molar-refractivity contribution in [2.24, 2.45) is 0 Å². The molecule has 0 aliphatic carbocycles. The van der Waals surface area contributed by atoms with Crippen molar-refractivity contribution in [3.05, 3.63) is 15.8 Å². The predicted octanol–water partition coefficient (Wildman–Crippen LogP) is 2.00. The lowest BCUT2D eigenvalue weighted by atomic mass is 10.1. The van der Waals surface area contributed by atoms with Crippen molar-refractivity contribution >= 4 is 22.3 Å². The highest BCUT2D eigenvalue weighted by molar-refractivity contribution is 7.85. The van der Waals surface area contributed by atoms with E-state index >= 15 is 0 Å². The molecule has 1 aliphatic heterocycles. The number of rotatable bonds is 4. The second kappa shape index (κ2) is 5.90. The van der Waals surface area contributed by atoms with Crippen molar-refractivity contribution in [3.8, 4) is 0 Å². The molecule has 7 nitrogen and oxygen atoms in total. The summed E-state index contributed by atoms with van der Waals surface area (Å²) >= 11 is 0.